The number of nitriles is 1. The summed E-state index contributed by atoms with van der Waals surface area (Å²) in [7, 11) is 0. The molecule has 114 valence electrons. The number of nitrogens with zero attached hydrogens (tertiary/aromatic N) is 2. The zero-order chi connectivity index (χ0) is 14.4. The van der Waals surface area contributed by atoms with Crippen molar-refractivity contribution >= 4 is 0 Å². The van der Waals surface area contributed by atoms with Crippen molar-refractivity contribution in [2.45, 2.75) is 64.3 Å². The predicted octanol–water partition coefficient (Wildman–Crippen LogP) is 3.17. The third-order valence-electron chi connectivity index (χ3n) is 5.21. The van der Waals surface area contributed by atoms with Gasteiger partial charge in [-0.25, -0.2) is 0 Å². The molecule has 0 amide bonds. The van der Waals surface area contributed by atoms with Gasteiger partial charge in [0.2, 0.25) is 0 Å². The highest BCUT2D eigenvalue weighted by Gasteiger charge is 2.35. The molecule has 1 heterocycles. The van der Waals surface area contributed by atoms with E-state index in [1.807, 2.05) is 6.92 Å². The first-order valence-corrected chi connectivity index (χ1v) is 8.55. The van der Waals surface area contributed by atoms with Gasteiger partial charge in [0.1, 0.15) is 5.54 Å². The van der Waals surface area contributed by atoms with E-state index in [1.165, 1.54) is 45.3 Å². The van der Waals surface area contributed by atoms with E-state index in [1.54, 1.807) is 0 Å². The molecule has 2 rings (SSSR count). The summed E-state index contributed by atoms with van der Waals surface area (Å²) in [6.07, 6.45) is 8.87. The largest absolute Gasteiger partial charge is 0.303 e. The Morgan fingerprint density at radius 2 is 1.95 bits per heavy atom. The third kappa shape index (κ3) is 4.20. The minimum absolute atomic E-state index is 0.322. The standard InChI is InChI=1S/C17H31N3/c1-3-10-19-17(2,14-18)9-4-5-11-20-12-15-7-6-8-16(15)13-20/h15-16,19H,3-13H2,1-2H3. The molecule has 0 spiro atoms. The molecule has 20 heavy (non-hydrogen) atoms. The number of hydrogen-bond donors (Lipinski definition) is 1. The van der Waals surface area contributed by atoms with Crippen LogP contribution in [-0.4, -0.2) is 36.6 Å². The Bertz CT molecular complexity index is 324. The van der Waals surface area contributed by atoms with Crippen LogP contribution in [0.25, 0.3) is 0 Å². The van der Waals surface area contributed by atoms with E-state index in [9.17, 15) is 5.26 Å². The van der Waals surface area contributed by atoms with Crippen LogP contribution in [-0.2, 0) is 0 Å². The smallest absolute Gasteiger partial charge is 0.103 e. The molecule has 2 aliphatic rings. The lowest BCUT2D eigenvalue weighted by molar-refractivity contribution is 0.295. The minimum atomic E-state index is -0.322. The maximum absolute atomic E-state index is 9.31. The van der Waals surface area contributed by atoms with Crippen LogP contribution in [0.1, 0.15) is 58.8 Å². The van der Waals surface area contributed by atoms with Gasteiger partial charge in [0.15, 0.2) is 0 Å². The zero-order valence-corrected chi connectivity index (χ0v) is 13.3. The molecule has 1 aliphatic heterocycles. The normalized spacial score (nSPS) is 29.1. The van der Waals surface area contributed by atoms with Gasteiger partial charge in [0, 0.05) is 13.1 Å². The second-order valence-corrected chi connectivity index (χ2v) is 7.04. The van der Waals surface area contributed by atoms with Crippen molar-refractivity contribution in [3.8, 4) is 6.07 Å². The first-order chi connectivity index (χ1) is 9.67. The van der Waals surface area contributed by atoms with Gasteiger partial charge in [0.25, 0.3) is 0 Å². The number of nitrogens with one attached hydrogen (secondary N) is 1. The van der Waals surface area contributed by atoms with E-state index >= 15 is 0 Å². The monoisotopic (exact) mass is 277 g/mol. The van der Waals surface area contributed by atoms with Crippen LogP contribution in [0.4, 0.5) is 0 Å². The first kappa shape index (κ1) is 15.8. The van der Waals surface area contributed by atoms with Gasteiger partial charge in [-0.3, -0.25) is 5.32 Å². The number of fused-ring (bicyclic) bond motifs is 1. The highest BCUT2D eigenvalue weighted by atomic mass is 15.2. The molecule has 1 saturated carbocycles. The van der Waals surface area contributed by atoms with E-state index in [2.05, 4.69) is 23.2 Å². The Balaban J connectivity index is 1.60. The van der Waals surface area contributed by atoms with Crippen LogP contribution in [0, 0.1) is 23.2 Å². The van der Waals surface area contributed by atoms with Crippen molar-refractivity contribution in [1.82, 2.24) is 10.2 Å². The van der Waals surface area contributed by atoms with E-state index in [0.717, 1.165) is 37.6 Å². The molecule has 0 aromatic rings. The van der Waals surface area contributed by atoms with Crippen molar-refractivity contribution in [3.63, 3.8) is 0 Å². The lowest BCUT2D eigenvalue weighted by Crippen LogP contribution is -2.41. The molecule has 0 aromatic carbocycles. The van der Waals surface area contributed by atoms with Gasteiger partial charge in [-0.05, 0) is 70.4 Å². The average Bonchev–Trinajstić information content (AvgIpc) is 3.02. The molecule has 0 bridgehead atoms. The van der Waals surface area contributed by atoms with Crippen LogP contribution in [0.15, 0.2) is 0 Å². The molecule has 1 saturated heterocycles. The number of unbranched alkanes of at least 4 members (excludes halogenated alkanes) is 1. The highest BCUT2D eigenvalue weighted by Crippen LogP contribution is 2.37. The lowest BCUT2D eigenvalue weighted by Gasteiger charge is -2.23. The van der Waals surface area contributed by atoms with Crippen LogP contribution in [0.2, 0.25) is 0 Å². The van der Waals surface area contributed by atoms with Crippen molar-refractivity contribution in [2.75, 3.05) is 26.2 Å². The Morgan fingerprint density at radius 1 is 1.25 bits per heavy atom. The van der Waals surface area contributed by atoms with Gasteiger partial charge < -0.3 is 4.90 Å². The summed E-state index contributed by atoms with van der Waals surface area (Å²) in [5.74, 6) is 2.01. The van der Waals surface area contributed by atoms with Gasteiger partial charge in [-0.15, -0.1) is 0 Å². The number of hydrogen-bond acceptors (Lipinski definition) is 3. The second-order valence-electron chi connectivity index (χ2n) is 7.04. The molecular weight excluding hydrogens is 246 g/mol. The fraction of sp³-hybridized carbons (Fsp3) is 0.941. The molecule has 3 heteroatoms. The number of rotatable bonds is 8. The Hall–Kier alpha value is -0.590. The fourth-order valence-electron chi connectivity index (χ4n) is 3.91. The average molecular weight is 277 g/mol. The minimum Gasteiger partial charge on any atom is -0.303 e. The second kappa shape index (κ2) is 7.43. The van der Waals surface area contributed by atoms with Crippen molar-refractivity contribution in [3.05, 3.63) is 0 Å². The molecule has 3 nitrogen and oxygen atoms in total. The quantitative estimate of drug-likeness (QED) is 0.693. The summed E-state index contributed by atoms with van der Waals surface area (Å²) in [6, 6.07) is 2.45. The molecule has 1 N–H and O–H groups in total. The highest BCUT2D eigenvalue weighted by molar-refractivity contribution is 5.03. The van der Waals surface area contributed by atoms with E-state index in [4.69, 9.17) is 0 Å². The van der Waals surface area contributed by atoms with Crippen LogP contribution < -0.4 is 5.32 Å². The third-order valence-corrected chi connectivity index (χ3v) is 5.21. The maximum Gasteiger partial charge on any atom is 0.103 e. The molecule has 1 aliphatic carbocycles. The summed E-state index contributed by atoms with van der Waals surface area (Å²) in [6.45, 7) is 9.06. The summed E-state index contributed by atoms with van der Waals surface area (Å²) in [5.41, 5.74) is -0.322. The van der Waals surface area contributed by atoms with E-state index in [0.29, 0.717) is 0 Å². The SMILES string of the molecule is CCCNC(C)(C#N)CCCCN1CC2CCCC2C1. The Labute approximate surface area is 124 Å². The predicted molar refractivity (Wildman–Crippen MR) is 83.4 cm³/mol. The van der Waals surface area contributed by atoms with Gasteiger partial charge in [-0.1, -0.05) is 13.3 Å². The van der Waals surface area contributed by atoms with Gasteiger partial charge in [0.05, 0.1) is 6.07 Å². The fourth-order valence-corrected chi connectivity index (χ4v) is 3.91. The van der Waals surface area contributed by atoms with E-state index in [-0.39, 0.29) is 5.54 Å². The summed E-state index contributed by atoms with van der Waals surface area (Å²) >= 11 is 0. The molecule has 0 radical (unpaired) electrons. The first-order valence-electron chi connectivity index (χ1n) is 8.55. The summed E-state index contributed by atoms with van der Waals surface area (Å²) in [4.78, 5) is 2.66. The molecule has 3 unspecified atom stereocenters. The Kier molecular flexibility index (Phi) is 5.86. The van der Waals surface area contributed by atoms with Gasteiger partial charge >= 0.3 is 0 Å². The topological polar surface area (TPSA) is 39.1 Å². The summed E-state index contributed by atoms with van der Waals surface area (Å²) in [5, 5.41) is 12.7. The molecule has 2 fully saturated rings. The summed E-state index contributed by atoms with van der Waals surface area (Å²) < 4.78 is 0. The lowest BCUT2D eigenvalue weighted by atomic mass is 9.96. The van der Waals surface area contributed by atoms with Crippen LogP contribution in [0.5, 0.6) is 0 Å². The van der Waals surface area contributed by atoms with E-state index < -0.39 is 0 Å². The van der Waals surface area contributed by atoms with Crippen LogP contribution >= 0.6 is 0 Å². The molecular formula is C17H31N3. The Morgan fingerprint density at radius 3 is 2.55 bits per heavy atom. The van der Waals surface area contributed by atoms with Crippen molar-refractivity contribution < 1.29 is 0 Å². The molecule has 3 atom stereocenters. The maximum atomic E-state index is 9.31. The van der Waals surface area contributed by atoms with Crippen molar-refractivity contribution in [1.29, 1.82) is 5.26 Å². The number of likely N-dealkylation sites (tertiary alicyclic amines) is 1. The van der Waals surface area contributed by atoms with Crippen molar-refractivity contribution in [2.24, 2.45) is 11.8 Å². The zero-order valence-electron chi connectivity index (χ0n) is 13.3. The van der Waals surface area contributed by atoms with Gasteiger partial charge in [-0.2, -0.15) is 5.26 Å². The van der Waals surface area contributed by atoms with Crippen LogP contribution in [0.3, 0.4) is 0 Å². The molecule has 0 aromatic heterocycles.